The topological polar surface area (TPSA) is 66.8 Å². The number of hydrogen-bond acceptors (Lipinski definition) is 6. The molecule has 3 rings (SSSR count). The van der Waals surface area contributed by atoms with Crippen LogP contribution >= 0.6 is 0 Å². The molecule has 0 radical (unpaired) electrons. The summed E-state index contributed by atoms with van der Waals surface area (Å²) in [4.78, 5) is 6.12. The highest BCUT2D eigenvalue weighted by molar-refractivity contribution is 5.43. The van der Waals surface area contributed by atoms with Crippen molar-refractivity contribution in [2.45, 2.75) is 25.7 Å². The van der Waals surface area contributed by atoms with Gasteiger partial charge in [-0.05, 0) is 48.0 Å². The van der Waals surface area contributed by atoms with Gasteiger partial charge in [0.2, 0.25) is 0 Å². The molecule has 1 aromatic heterocycles. The molecule has 3 aromatic rings. The fraction of sp³-hybridized carbons (Fsp3) is 0.320. The smallest absolute Gasteiger partial charge is 0.161 e. The van der Waals surface area contributed by atoms with Crippen molar-refractivity contribution in [3.8, 4) is 11.5 Å². The fourth-order valence-corrected chi connectivity index (χ4v) is 3.35. The standard InChI is InChI=1S/C25H31N3O3/c1-28(17-21-6-4-3-5-7-21)18-23(29)19-31-25-14-22(8-9-24(25)30-2)16-27-15-20-10-12-26-13-11-20/h3-14,23,27,29H,15-19H2,1-2H3/t23-/m0/s1. The number of ether oxygens (including phenoxy) is 2. The summed E-state index contributed by atoms with van der Waals surface area (Å²) in [6.45, 7) is 2.95. The number of aromatic nitrogens is 1. The number of pyridine rings is 1. The molecule has 0 aliphatic rings. The maximum absolute atomic E-state index is 10.4. The molecule has 0 fully saturated rings. The van der Waals surface area contributed by atoms with E-state index in [2.05, 4.69) is 27.3 Å². The van der Waals surface area contributed by atoms with Crippen LogP contribution in [0.15, 0.2) is 73.1 Å². The first-order valence-corrected chi connectivity index (χ1v) is 10.4. The van der Waals surface area contributed by atoms with Crippen molar-refractivity contribution < 1.29 is 14.6 Å². The molecule has 0 bridgehead atoms. The molecular weight excluding hydrogens is 390 g/mol. The lowest BCUT2D eigenvalue weighted by Gasteiger charge is -2.21. The molecule has 6 heteroatoms. The van der Waals surface area contributed by atoms with E-state index in [9.17, 15) is 5.11 Å². The van der Waals surface area contributed by atoms with Gasteiger partial charge in [0, 0.05) is 38.6 Å². The van der Waals surface area contributed by atoms with Crippen molar-refractivity contribution in [1.82, 2.24) is 15.2 Å². The average Bonchev–Trinajstić information content (AvgIpc) is 2.79. The molecule has 31 heavy (non-hydrogen) atoms. The molecule has 0 saturated carbocycles. The van der Waals surface area contributed by atoms with Gasteiger partial charge in [0.25, 0.3) is 0 Å². The first-order chi connectivity index (χ1) is 15.1. The van der Waals surface area contributed by atoms with E-state index < -0.39 is 6.10 Å². The van der Waals surface area contributed by atoms with E-state index in [0.717, 1.165) is 18.7 Å². The van der Waals surface area contributed by atoms with E-state index >= 15 is 0 Å². The van der Waals surface area contributed by atoms with Crippen molar-refractivity contribution in [2.75, 3.05) is 27.3 Å². The number of nitrogens with zero attached hydrogens (tertiary/aromatic N) is 2. The Labute approximate surface area is 184 Å². The molecule has 0 spiro atoms. The molecule has 6 nitrogen and oxygen atoms in total. The predicted molar refractivity (Wildman–Crippen MR) is 122 cm³/mol. The van der Waals surface area contributed by atoms with Gasteiger partial charge in [0.1, 0.15) is 12.7 Å². The lowest BCUT2D eigenvalue weighted by molar-refractivity contribution is 0.0732. The van der Waals surface area contributed by atoms with E-state index in [1.807, 2.05) is 55.6 Å². The summed E-state index contributed by atoms with van der Waals surface area (Å²) in [7, 11) is 3.61. The predicted octanol–water partition coefficient (Wildman–Crippen LogP) is 3.25. The monoisotopic (exact) mass is 421 g/mol. The number of aliphatic hydroxyl groups is 1. The maximum Gasteiger partial charge on any atom is 0.161 e. The first kappa shape index (κ1) is 22.7. The minimum absolute atomic E-state index is 0.198. The zero-order valence-corrected chi connectivity index (χ0v) is 18.2. The summed E-state index contributed by atoms with van der Waals surface area (Å²) in [5.74, 6) is 1.29. The van der Waals surface area contributed by atoms with Gasteiger partial charge in [0.05, 0.1) is 7.11 Å². The van der Waals surface area contributed by atoms with Gasteiger partial charge < -0.3 is 19.9 Å². The Hall–Kier alpha value is -2.93. The molecular formula is C25H31N3O3. The summed E-state index contributed by atoms with van der Waals surface area (Å²) in [5.41, 5.74) is 3.48. The summed E-state index contributed by atoms with van der Waals surface area (Å²) in [5, 5.41) is 13.9. The van der Waals surface area contributed by atoms with Crippen LogP contribution in [-0.2, 0) is 19.6 Å². The number of benzene rings is 2. The Balaban J connectivity index is 1.49. The van der Waals surface area contributed by atoms with Crippen molar-refractivity contribution >= 4 is 0 Å². The summed E-state index contributed by atoms with van der Waals surface area (Å²) < 4.78 is 11.3. The number of methoxy groups -OCH3 is 1. The van der Waals surface area contributed by atoms with Gasteiger partial charge in [0.15, 0.2) is 11.5 Å². The highest BCUT2D eigenvalue weighted by Gasteiger charge is 2.12. The van der Waals surface area contributed by atoms with Crippen LogP contribution in [0.2, 0.25) is 0 Å². The second-order valence-electron chi connectivity index (χ2n) is 7.59. The Morgan fingerprint density at radius 2 is 1.68 bits per heavy atom. The third-order valence-corrected chi connectivity index (χ3v) is 4.88. The first-order valence-electron chi connectivity index (χ1n) is 10.4. The van der Waals surface area contributed by atoms with Crippen LogP contribution in [0.1, 0.15) is 16.7 Å². The van der Waals surface area contributed by atoms with Crippen LogP contribution in [0.4, 0.5) is 0 Å². The number of rotatable bonds is 12. The SMILES string of the molecule is COc1ccc(CNCc2ccncc2)cc1OC[C@@H](O)CN(C)Cc1ccccc1. The fourth-order valence-electron chi connectivity index (χ4n) is 3.35. The molecule has 164 valence electrons. The zero-order chi connectivity index (χ0) is 21.9. The average molecular weight is 422 g/mol. The lowest BCUT2D eigenvalue weighted by atomic mass is 10.2. The lowest BCUT2D eigenvalue weighted by Crippen LogP contribution is -2.32. The number of nitrogens with one attached hydrogen (secondary N) is 1. The van der Waals surface area contributed by atoms with Gasteiger partial charge in [-0.15, -0.1) is 0 Å². The van der Waals surface area contributed by atoms with Gasteiger partial charge in [-0.25, -0.2) is 0 Å². The molecule has 2 N–H and O–H groups in total. The third-order valence-electron chi connectivity index (χ3n) is 4.88. The van der Waals surface area contributed by atoms with Crippen LogP contribution in [0.3, 0.4) is 0 Å². The highest BCUT2D eigenvalue weighted by atomic mass is 16.5. The van der Waals surface area contributed by atoms with Crippen LogP contribution in [0, 0.1) is 0 Å². The highest BCUT2D eigenvalue weighted by Crippen LogP contribution is 2.28. The Morgan fingerprint density at radius 1 is 0.935 bits per heavy atom. The van der Waals surface area contributed by atoms with Crippen molar-refractivity contribution in [3.63, 3.8) is 0 Å². The molecule has 0 amide bonds. The third kappa shape index (κ3) is 7.68. The van der Waals surface area contributed by atoms with E-state index in [1.165, 1.54) is 11.1 Å². The second kappa shape index (κ2) is 12.1. The summed E-state index contributed by atoms with van der Waals surface area (Å²) >= 11 is 0. The summed E-state index contributed by atoms with van der Waals surface area (Å²) in [6, 6.07) is 20.1. The van der Waals surface area contributed by atoms with E-state index in [-0.39, 0.29) is 6.61 Å². The largest absolute Gasteiger partial charge is 0.493 e. The van der Waals surface area contributed by atoms with Crippen LogP contribution in [0.5, 0.6) is 11.5 Å². The molecule has 0 unspecified atom stereocenters. The normalized spacial score (nSPS) is 12.0. The summed E-state index contributed by atoms with van der Waals surface area (Å²) in [6.07, 6.45) is 2.98. The zero-order valence-electron chi connectivity index (χ0n) is 18.2. The Kier molecular flexibility index (Phi) is 8.84. The second-order valence-corrected chi connectivity index (χ2v) is 7.59. The van der Waals surface area contributed by atoms with Gasteiger partial charge >= 0.3 is 0 Å². The quantitative estimate of drug-likeness (QED) is 0.468. The maximum atomic E-state index is 10.4. The van der Waals surface area contributed by atoms with Crippen molar-refractivity contribution in [3.05, 3.63) is 89.7 Å². The molecule has 0 aliphatic carbocycles. The van der Waals surface area contributed by atoms with E-state index in [1.54, 1.807) is 19.5 Å². The van der Waals surface area contributed by atoms with Crippen molar-refractivity contribution in [2.24, 2.45) is 0 Å². The van der Waals surface area contributed by atoms with Gasteiger partial charge in [-0.1, -0.05) is 36.4 Å². The van der Waals surface area contributed by atoms with Gasteiger partial charge in [-0.3, -0.25) is 9.88 Å². The van der Waals surface area contributed by atoms with Crippen LogP contribution < -0.4 is 14.8 Å². The van der Waals surface area contributed by atoms with E-state index in [4.69, 9.17) is 9.47 Å². The number of likely N-dealkylation sites (N-methyl/N-ethyl adjacent to an activating group) is 1. The van der Waals surface area contributed by atoms with Crippen molar-refractivity contribution in [1.29, 1.82) is 0 Å². The number of aliphatic hydroxyl groups excluding tert-OH is 1. The minimum atomic E-state index is -0.605. The molecule has 1 atom stereocenters. The molecule has 1 heterocycles. The Bertz CT molecular complexity index is 906. The molecule has 2 aromatic carbocycles. The molecule has 0 saturated heterocycles. The molecule has 0 aliphatic heterocycles. The van der Waals surface area contributed by atoms with Crippen LogP contribution in [-0.4, -0.2) is 48.4 Å². The number of hydrogen-bond donors (Lipinski definition) is 2. The van der Waals surface area contributed by atoms with Crippen LogP contribution in [0.25, 0.3) is 0 Å². The van der Waals surface area contributed by atoms with E-state index in [0.29, 0.717) is 24.6 Å². The van der Waals surface area contributed by atoms with Gasteiger partial charge in [-0.2, -0.15) is 0 Å². The minimum Gasteiger partial charge on any atom is -0.493 e. The Morgan fingerprint density at radius 3 is 2.42 bits per heavy atom.